The van der Waals surface area contributed by atoms with Crippen LogP contribution in [0.15, 0.2) is 0 Å². The highest BCUT2D eigenvalue weighted by molar-refractivity contribution is 5.77. The zero-order valence-electron chi connectivity index (χ0n) is 66.4. The van der Waals surface area contributed by atoms with Gasteiger partial charge in [-0.05, 0) is 6.92 Å². The zero-order chi connectivity index (χ0) is 94.3. The molecule has 59 nitrogen and oxygen atoms in total. The van der Waals surface area contributed by atoms with Gasteiger partial charge in [0.2, 0.25) is 0 Å². The number of hydrogen-bond acceptors (Lipinski definition) is 57. The summed E-state index contributed by atoms with van der Waals surface area (Å²) in [5.41, 5.74) is 5.70. The van der Waals surface area contributed by atoms with Crippen LogP contribution in [0.2, 0.25) is 0 Å². The molecule has 0 aromatic carbocycles. The van der Waals surface area contributed by atoms with Gasteiger partial charge in [0.25, 0.3) is 11.6 Å². The first kappa shape index (κ1) is 106. The van der Waals surface area contributed by atoms with Crippen molar-refractivity contribution in [1.29, 1.82) is 0 Å². The van der Waals surface area contributed by atoms with Crippen molar-refractivity contribution < 1.29 is 289 Å². The molecule has 39 N–H and O–H groups in total. The smallest absolute Gasteiger partial charge is 0.367 e. The van der Waals surface area contributed by atoms with Gasteiger partial charge in [-0.2, -0.15) is 0 Å². The molecule has 0 saturated carbocycles. The van der Waals surface area contributed by atoms with E-state index in [2.05, 4.69) is 0 Å². The molecule has 0 unspecified atom stereocenters. The Labute approximate surface area is 713 Å². The predicted octanol–water partition coefficient (Wildman–Crippen LogP) is -25.7. The fourth-order valence-electron chi connectivity index (χ4n) is 15.9. The maximum Gasteiger partial charge on any atom is 0.367 e. The summed E-state index contributed by atoms with van der Waals surface area (Å²) in [4.78, 5) is 26.9. The Morgan fingerprint density at radius 2 is 0.724 bits per heavy atom. The molecule has 10 aliphatic rings. The second-order valence-corrected chi connectivity index (χ2v) is 32.2. The summed E-state index contributed by atoms with van der Waals surface area (Å²) in [6, 6.07) is -1.19. The molecular formula is C68H115NO58. The normalized spacial score (nSPS) is 50.2. The average molecular weight is 1870 g/mol. The molecule has 0 bridgehead atoms. The first-order chi connectivity index (χ1) is 59.6. The van der Waals surface area contributed by atoms with Crippen LogP contribution in [0.1, 0.15) is 13.3 Å². The number of hydrogen-bond donors (Lipinski definition) is 38. The summed E-state index contributed by atoms with van der Waals surface area (Å²) in [7, 11) is 0. The van der Waals surface area contributed by atoms with Gasteiger partial charge in [-0.3, -0.25) is 0 Å². The fourth-order valence-corrected chi connectivity index (χ4v) is 15.9. The second kappa shape index (κ2) is 44.3. The van der Waals surface area contributed by atoms with E-state index in [0.717, 1.165) is 6.92 Å². The molecule has 10 heterocycles. The third-order valence-corrected chi connectivity index (χ3v) is 23.4. The molecule has 10 rings (SSSR count). The molecule has 0 spiro atoms. The molecule has 59 heteroatoms. The Bertz CT molecular complexity index is 3400. The number of aliphatic hydroxyl groups is 35. The standard InChI is InChI=1S/C68H115NO58/c1-12-23(82)26(85)38(97)60(113-12)123-54-33(92)32(91)47(19(80)10-112-59-42(101)52(41(100)45(116-59)15(76)4-71)121-62-40(99)29(88)31(90)46(117-62)18(79)9-111-58-37(96)28(87)30(89)44(115-58)14(75)3-70)118-64(54)122-53-43(102)63(119-49(16(77)5-72)55(53)124-61-39(98)27(86)25(84)22(7-74)114-61)120-51-21(2-67(108,65(104)105)126-50(51)17(78)6-73)125-68(66(106)107)56(103)35(94)34(93)48(127-68)20(81)11-110-57-36(95)24(83)13(69)8-109-57/h12-64,70-103,108H,2-11,69H2,1H3,(H,104,105)(H,106,107)/t12-,13+,14+,15-,16-,17+,18-,19-,20+,21+,22+,23-,24+,25+,26+,27-,28-,29-,30-,31-,32-,33-,34+,35-,36-,37-,38+,39+,40-,41+,42-,43-,44+,45+,46+,47+,48+,49+,50+,51+,52-,53+,54-,55+,56-,57+,58-,59-,60-,61-,62+,63+,64+,67+,68+/m0/s1. The van der Waals surface area contributed by atoms with E-state index in [4.69, 9.17) is 95.7 Å². The molecule has 0 aromatic rings. The van der Waals surface area contributed by atoms with Crippen LogP contribution in [0.5, 0.6) is 0 Å². The highest BCUT2D eigenvalue weighted by Crippen LogP contribution is 2.45. The van der Waals surface area contributed by atoms with Crippen LogP contribution in [0.3, 0.4) is 0 Å². The van der Waals surface area contributed by atoms with E-state index >= 15 is 0 Å². The minimum absolute atomic E-state index is 0.480. The molecule has 740 valence electrons. The molecule has 0 aromatic heterocycles. The Morgan fingerprint density at radius 1 is 0.346 bits per heavy atom. The van der Waals surface area contributed by atoms with Gasteiger partial charge >= 0.3 is 11.9 Å². The highest BCUT2D eigenvalue weighted by atomic mass is 16.8. The van der Waals surface area contributed by atoms with E-state index in [1.165, 1.54) is 0 Å². The van der Waals surface area contributed by atoms with Crippen molar-refractivity contribution >= 4 is 11.9 Å². The van der Waals surface area contributed by atoms with Crippen molar-refractivity contribution in [3.05, 3.63) is 0 Å². The maximum atomic E-state index is 13.8. The van der Waals surface area contributed by atoms with Gasteiger partial charge in [-0.1, -0.05) is 0 Å². The maximum absolute atomic E-state index is 13.8. The van der Waals surface area contributed by atoms with E-state index in [1.54, 1.807) is 0 Å². The summed E-state index contributed by atoms with van der Waals surface area (Å²) in [5.74, 6) is -13.0. The lowest BCUT2D eigenvalue weighted by Crippen LogP contribution is -2.73. The molecule has 0 radical (unpaired) electrons. The van der Waals surface area contributed by atoms with Gasteiger partial charge in [-0.15, -0.1) is 0 Å². The van der Waals surface area contributed by atoms with Crippen LogP contribution in [0.4, 0.5) is 0 Å². The van der Waals surface area contributed by atoms with Crippen molar-refractivity contribution in [2.24, 2.45) is 5.73 Å². The van der Waals surface area contributed by atoms with E-state index in [9.17, 15) is 199 Å². The predicted molar refractivity (Wildman–Crippen MR) is 378 cm³/mol. The van der Waals surface area contributed by atoms with Crippen LogP contribution in [0, 0.1) is 0 Å². The Kier molecular flexibility index (Phi) is 36.9. The highest BCUT2D eigenvalue weighted by Gasteiger charge is 2.68. The summed E-state index contributed by atoms with van der Waals surface area (Å²) in [6.45, 7) is -9.98. The second-order valence-electron chi connectivity index (χ2n) is 32.2. The molecule has 55 atom stereocenters. The zero-order valence-corrected chi connectivity index (χ0v) is 66.4. The molecule has 0 amide bonds. The minimum Gasteiger partial charge on any atom is -0.477 e. The number of ether oxygens (including phenoxy) is 19. The third kappa shape index (κ3) is 22.1. The molecule has 10 fully saturated rings. The lowest BCUT2D eigenvalue weighted by atomic mass is 9.88. The molecular weight excluding hydrogens is 1760 g/mol. The molecule has 127 heavy (non-hydrogen) atoms. The Hall–Kier alpha value is -3.26. The monoisotopic (exact) mass is 1870 g/mol. The Morgan fingerprint density at radius 3 is 1.26 bits per heavy atom. The first-order valence-electron chi connectivity index (χ1n) is 39.7. The number of carboxylic acid groups (broad SMARTS) is 2. The largest absolute Gasteiger partial charge is 0.477 e. The summed E-state index contributed by atoms with van der Waals surface area (Å²) in [6.07, 6.45) is -128. The SMILES string of the molecule is C[C@@H]1O[C@@H](O[C@@H]2[C@@H](O[C@@H]3[C@H](O)[C@@H](O[C@H]4[C@@H]([C@H](O)CO)O[C@@](O)(C(=O)O)C[C@H]4O[C@@]4(C(=O)O)O[C@H]([C@H](O)CO[C@H]5OC[C@@H](N)[C@@H](O)[C@@H]5O)[C@H](O)[C@H](O)[C@@H]4O)O[C@H]([C@@H](O)CO)[C@H]3O[C@@H]3O[C@H](CO)[C@@H](O)[C@H](O)[C@H]3O)O[C@H]([C@@H](O)CO[C@H]3O[C@H]([C@@H](O)CO)[C@@H](O)[C@H](O[C@H]4O[C@H]([C@@H](O)CO[C@H]5O[C@H]([C@H](O)CO)[C@@H](O)[C@H](O)[C@@H]5O)[C@@H](O)[C@H](O)[C@@H]4O)[C@@H]3O)[C@@H](O)[C@@H]2O)[C@H](O)[C@H](O)[C@H]1O. The van der Waals surface area contributed by atoms with Gasteiger partial charge < -0.3 is 285 Å². The van der Waals surface area contributed by atoms with E-state index in [0.29, 0.717) is 0 Å². The van der Waals surface area contributed by atoms with Crippen LogP contribution >= 0.6 is 0 Å². The lowest BCUT2D eigenvalue weighted by Gasteiger charge is -2.53. The first-order valence-corrected chi connectivity index (χ1v) is 39.7. The number of carboxylic acids is 2. The van der Waals surface area contributed by atoms with E-state index < -0.39 is 414 Å². The number of carbonyl (C=O) groups is 2. The molecule has 10 aliphatic heterocycles. The average Bonchev–Trinajstić information content (AvgIpc) is 0.726. The van der Waals surface area contributed by atoms with Crippen LogP contribution < -0.4 is 5.73 Å². The van der Waals surface area contributed by atoms with Gasteiger partial charge in [-0.25, -0.2) is 9.59 Å². The van der Waals surface area contributed by atoms with E-state index in [1.807, 2.05) is 0 Å². The number of aliphatic hydroxyl groups excluding tert-OH is 34. The summed E-state index contributed by atoms with van der Waals surface area (Å²) in [5, 5.41) is 411. The van der Waals surface area contributed by atoms with Gasteiger partial charge in [0.15, 0.2) is 50.3 Å². The molecule has 0 aliphatic carbocycles. The van der Waals surface area contributed by atoms with Gasteiger partial charge in [0, 0.05) is 6.42 Å². The quantitative estimate of drug-likeness (QED) is 0.0280. The number of rotatable bonds is 35. The summed E-state index contributed by atoms with van der Waals surface area (Å²) < 4.78 is 108. The van der Waals surface area contributed by atoms with Crippen molar-refractivity contribution in [3.8, 4) is 0 Å². The van der Waals surface area contributed by atoms with Crippen molar-refractivity contribution in [2.75, 3.05) is 59.5 Å². The van der Waals surface area contributed by atoms with Crippen molar-refractivity contribution in [1.82, 2.24) is 0 Å². The molecule has 10 saturated heterocycles. The lowest BCUT2D eigenvalue weighted by molar-refractivity contribution is -0.423. The third-order valence-electron chi connectivity index (χ3n) is 23.4. The minimum atomic E-state index is -4.09. The number of nitrogens with two attached hydrogens (primary N) is 1. The topological polar surface area (TPSA) is 984 Å². The van der Waals surface area contributed by atoms with Crippen LogP contribution in [0.25, 0.3) is 0 Å². The fraction of sp³-hybridized carbons (Fsp3) is 0.971. The Balaban J connectivity index is 0.990. The van der Waals surface area contributed by atoms with Crippen molar-refractivity contribution in [3.63, 3.8) is 0 Å². The van der Waals surface area contributed by atoms with Gasteiger partial charge in [0.1, 0.15) is 256 Å². The van der Waals surface area contributed by atoms with E-state index in [-0.39, 0.29) is 0 Å². The van der Waals surface area contributed by atoms with Crippen LogP contribution in [-0.4, -0.2) is 597 Å². The van der Waals surface area contributed by atoms with Gasteiger partial charge in [0.05, 0.1) is 77.7 Å². The van der Waals surface area contributed by atoms with Crippen molar-refractivity contribution in [2.45, 2.75) is 350 Å². The number of aliphatic carboxylic acids is 2. The summed E-state index contributed by atoms with van der Waals surface area (Å²) >= 11 is 0. The van der Waals surface area contributed by atoms with Crippen LogP contribution in [-0.2, 0) is 99.6 Å².